The van der Waals surface area contributed by atoms with E-state index >= 15 is 0 Å². The minimum absolute atomic E-state index is 0.173. The van der Waals surface area contributed by atoms with Gasteiger partial charge >= 0.3 is 0 Å². The van der Waals surface area contributed by atoms with Crippen LogP contribution in [0, 0.1) is 6.92 Å². The molecule has 1 aliphatic rings. The van der Waals surface area contributed by atoms with E-state index in [1.165, 1.54) is 19.3 Å². The first-order valence-electron chi connectivity index (χ1n) is 5.48. The Labute approximate surface area is 89.9 Å². The van der Waals surface area contributed by atoms with Gasteiger partial charge in [-0.05, 0) is 37.8 Å². The van der Waals surface area contributed by atoms with Crippen molar-refractivity contribution in [3.63, 3.8) is 0 Å². The molecule has 82 valence electrons. The molecule has 2 rings (SSSR count). The maximum atomic E-state index is 9.05. The maximum Gasteiger partial charge on any atom is 0.151 e. The van der Waals surface area contributed by atoms with Crippen LogP contribution in [0.2, 0.25) is 0 Å². The second kappa shape index (κ2) is 4.57. The molecule has 4 nitrogen and oxygen atoms in total. The highest BCUT2D eigenvalue weighted by atomic mass is 16.3. The van der Waals surface area contributed by atoms with Gasteiger partial charge in [-0.1, -0.05) is 0 Å². The second-order valence-corrected chi connectivity index (χ2v) is 4.09. The van der Waals surface area contributed by atoms with E-state index in [9.17, 15) is 0 Å². The first-order chi connectivity index (χ1) is 7.31. The number of aliphatic hydroxyl groups excluding tert-OH is 1. The number of rotatable bonds is 4. The van der Waals surface area contributed by atoms with Crippen molar-refractivity contribution in [1.82, 2.24) is 10.2 Å². The van der Waals surface area contributed by atoms with Gasteiger partial charge in [0.1, 0.15) is 0 Å². The van der Waals surface area contributed by atoms with E-state index in [0.29, 0.717) is 12.6 Å². The summed E-state index contributed by atoms with van der Waals surface area (Å²) in [5, 5.41) is 17.1. The molecule has 0 aromatic carbocycles. The van der Waals surface area contributed by atoms with Crippen molar-refractivity contribution in [3.8, 4) is 0 Å². The van der Waals surface area contributed by atoms with E-state index in [0.717, 1.165) is 11.4 Å². The monoisotopic (exact) mass is 207 g/mol. The summed E-state index contributed by atoms with van der Waals surface area (Å²) in [7, 11) is 0. The first-order valence-corrected chi connectivity index (χ1v) is 5.48. The van der Waals surface area contributed by atoms with E-state index in [1.54, 1.807) is 6.20 Å². The van der Waals surface area contributed by atoms with Crippen molar-refractivity contribution >= 4 is 5.82 Å². The lowest BCUT2D eigenvalue weighted by atomic mass is 9.91. The third-order valence-electron chi connectivity index (χ3n) is 2.93. The molecule has 4 heteroatoms. The van der Waals surface area contributed by atoms with E-state index < -0.39 is 0 Å². The lowest BCUT2D eigenvalue weighted by Gasteiger charge is -2.37. The van der Waals surface area contributed by atoms with E-state index in [-0.39, 0.29) is 6.61 Å². The lowest BCUT2D eigenvalue weighted by Crippen LogP contribution is -2.42. The Balaban J connectivity index is 2.15. The Kier molecular flexibility index (Phi) is 3.16. The largest absolute Gasteiger partial charge is 0.395 e. The minimum Gasteiger partial charge on any atom is -0.395 e. The highest BCUT2D eigenvalue weighted by molar-refractivity contribution is 5.41. The Bertz CT molecular complexity index is 325. The molecule has 0 radical (unpaired) electrons. The molecule has 0 saturated heterocycles. The summed E-state index contributed by atoms with van der Waals surface area (Å²) in [6.45, 7) is 2.84. The summed E-state index contributed by atoms with van der Waals surface area (Å²) in [5.41, 5.74) is 1.11. The van der Waals surface area contributed by atoms with Gasteiger partial charge in [0, 0.05) is 12.6 Å². The normalized spacial score (nSPS) is 16.1. The lowest BCUT2D eigenvalue weighted by molar-refractivity contribution is 0.282. The second-order valence-electron chi connectivity index (χ2n) is 4.09. The van der Waals surface area contributed by atoms with E-state index in [1.807, 2.05) is 13.0 Å². The molecular weight excluding hydrogens is 190 g/mol. The molecule has 0 bridgehead atoms. The summed E-state index contributed by atoms with van der Waals surface area (Å²) < 4.78 is 0. The molecule has 0 aliphatic heterocycles. The zero-order valence-electron chi connectivity index (χ0n) is 9.06. The van der Waals surface area contributed by atoms with Gasteiger partial charge in [0.05, 0.1) is 12.8 Å². The third kappa shape index (κ3) is 2.26. The van der Waals surface area contributed by atoms with Crippen LogP contribution >= 0.6 is 0 Å². The van der Waals surface area contributed by atoms with Gasteiger partial charge < -0.3 is 10.0 Å². The van der Waals surface area contributed by atoms with Gasteiger partial charge in [-0.15, -0.1) is 5.10 Å². The summed E-state index contributed by atoms with van der Waals surface area (Å²) in [6, 6.07) is 2.58. The Hall–Kier alpha value is -1.16. The minimum atomic E-state index is 0.173. The molecule has 1 aliphatic carbocycles. The van der Waals surface area contributed by atoms with Gasteiger partial charge in [0.2, 0.25) is 0 Å². The maximum absolute atomic E-state index is 9.05. The number of nitrogens with zero attached hydrogens (tertiary/aromatic N) is 3. The van der Waals surface area contributed by atoms with Gasteiger partial charge in [-0.25, -0.2) is 0 Å². The predicted molar refractivity (Wildman–Crippen MR) is 58.8 cm³/mol. The van der Waals surface area contributed by atoms with Crippen LogP contribution in [0.5, 0.6) is 0 Å². The molecule has 1 saturated carbocycles. The third-order valence-corrected chi connectivity index (χ3v) is 2.93. The molecule has 1 aromatic rings. The number of hydrogen-bond acceptors (Lipinski definition) is 4. The van der Waals surface area contributed by atoms with Crippen LogP contribution in [-0.2, 0) is 0 Å². The average molecular weight is 207 g/mol. The van der Waals surface area contributed by atoms with Gasteiger partial charge in [0.25, 0.3) is 0 Å². The molecule has 1 heterocycles. The fourth-order valence-corrected chi connectivity index (χ4v) is 1.88. The Morgan fingerprint density at radius 3 is 2.87 bits per heavy atom. The summed E-state index contributed by atoms with van der Waals surface area (Å²) >= 11 is 0. The molecule has 0 spiro atoms. The fraction of sp³-hybridized carbons (Fsp3) is 0.636. The van der Waals surface area contributed by atoms with Crippen molar-refractivity contribution < 1.29 is 5.11 Å². The quantitative estimate of drug-likeness (QED) is 0.804. The highest BCUT2D eigenvalue weighted by Gasteiger charge is 2.25. The molecule has 0 unspecified atom stereocenters. The van der Waals surface area contributed by atoms with Crippen LogP contribution in [0.3, 0.4) is 0 Å². The fourth-order valence-electron chi connectivity index (χ4n) is 1.88. The number of aryl methyl sites for hydroxylation is 1. The number of aliphatic hydroxyl groups is 1. The van der Waals surface area contributed by atoms with Crippen LogP contribution in [0.1, 0.15) is 24.8 Å². The SMILES string of the molecule is Cc1cnnc(N(CCO)C2CCC2)c1. The summed E-state index contributed by atoms with van der Waals surface area (Å²) in [4.78, 5) is 2.17. The topological polar surface area (TPSA) is 49.2 Å². The van der Waals surface area contributed by atoms with Crippen molar-refractivity contribution in [3.05, 3.63) is 17.8 Å². The summed E-state index contributed by atoms with van der Waals surface area (Å²) in [6.07, 6.45) is 5.44. The molecule has 1 fully saturated rings. The van der Waals surface area contributed by atoms with Crippen molar-refractivity contribution in [2.75, 3.05) is 18.1 Å². The van der Waals surface area contributed by atoms with Crippen molar-refractivity contribution in [2.45, 2.75) is 32.2 Å². The van der Waals surface area contributed by atoms with Crippen LogP contribution in [0.25, 0.3) is 0 Å². The molecule has 0 amide bonds. The predicted octanol–water partition coefficient (Wildman–Crippen LogP) is 1.14. The average Bonchev–Trinajstić information content (AvgIpc) is 2.14. The molecule has 1 N–H and O–H groups in total. The number of anilines is 1. The van der Waals surface area contributed by atoms with E-state index in [4.69, 9.17) is 5.11 Å². The van der Waals surface area contributed by atoms with Crippen LogP contribution < -0.4 is 4.90 Å². The number of hydrogen-bond donors (Lipinski definition) is 1. The molecular formula is C11H17N3O. The molecule has 0 atom stereocenters. The first kappa shape index (κ1) is 10.4. The van der Waals surface area contributed by atoms with Crippen LogP contribution in [0.15, 0.2) is 12.3 Å². The van der Waals surface area contributed by atoms with Crippen LogP contribution in [-0.4, -0.2) is 34.5 Å². The smallest absolute Gasteiger partial charge is 0.151 e. The van der Waals surface area contributed by atoms with Crippen molar-refractivity contribution in [1.29, 1.82) is 0 Å². The Morgan fingerprint density at radius 1 is 1.53 bits per heavy atom. The molecule has 1 aromatic heterocycles. The van der Waals surface area contributed by atoms with Gasteiger partial charge in [0.15, 0.2) is 5.82 Å². The molecule has 15 heavy (non-hydrogen) atoms. The van der Waals surface area contributed by atoms with Crippen LogP contribution in [0.4, 0.5) is 5.82 Å². The zero-order valence-corrected chi connectivity index (χ0v) is 9.06. The summed E-state index contributed by atoms with van der Waals surface area (Å²) in [5.74, 6) is 0.897. The number of aromatic nitrogens is 2. The van der Waals surface area contributed by atoms with Gasteiger partial charge in [-0.3, -0.25) is 0 Å². The van der Waals surface area contributed by atoms with E-state index in [2.05, 4.69) is 15.1 Å². The van der Waals surface area contributed by atoms with Gasteiger partial charge in [-0.2, -0.15) is 5.10 Å². The standard InChI is InChI=1S/C11H17N3O/c1-9-7-11(13-12-8-9)14(5-6-15)10-3-2-4-10/h7-8,10,15H,2-6H2,1H3. The Morgan fingerprint density at radius 2 is 2.33 bits per heavy atom. The van der Waals surface area contributed by atoms with Crippen molar-refractivity contribution in [2.24, 2.45) is 0 Å². The zero-order chi connectivity index (χ0) is 10.7. The highest BCUT2D eigenvalue weighted by Crippen LogP contribution is 2.28.